The highest BCUT2D eigenvalue weighted by molar-refractivity contribution is 5.88. The van der Waals surface area contributed by atoms with Crippen molar-refractivity contribution in [2.75, 3.05) is 13.6 Å². The number of nitrogens with one attached hydrogen (secondary N) is 1. The van der Waals surface area contributed by atoms with Gasteiger partial charge >= 0.3 is 5.97 Å². The van der Waals surface area contributed by atoms with Crippen molar-refractivity contribution in [1.29, 1.82) is 0 Å². The number of carboxylic acids is 1. The molecule has 0 rings (SSSR count). The molecule has 0 unspecified atom stereocenters. The smallest absolute Gasteiger partial charge is 0.331 e. The maximum absolute atomic E-state index is 12.3. The SMILES string of the molecule is C/C(=C\[C@H](C(C)C)N(C)C(=O)CNC(=O)[C@@H](N)C(C)(C)C)C(=O)O.CC(C)C. The van der Waals surface area contributed by atoms with Gasteiger partial charge < -0.3 is 21.1 Å². The fraction of sp³-hybridized carbons (Fsp3) is 0.762. The summed E-state index contributed by atoms with van der Waals surface area (Å²) in [6, 6.07) is -1.09. The van der Waals surface area contributed by atoms with Crippen molar-refractivity contribution in [3.63, 3.8) is 0 Å². The molecule has 0 fully saturated rings. The lowest BCUT2D eigenvalue weighted by Crippen LogP contribution is -2.51. The first kappa shape index (κ1) is 28.3. The van der Waals surface area contributed by atoms with Crippen molar-refractivity contribution in [2.24, 2.45) is 23.0 Å². The minimum atomic E-state index is -1.02. The summed E-state index contributed by atoms with van der Waals surface area (Å²) in [5.74, 6) is -0.855. The van der Waals surface area contributed by atoms with E-state index in [1.54, 1.807) is 13.1 Å². The van der Waals surface area contributed by atoms with Gasteiger partial charge in [0.1, 0.15) is 0 Å². The summed E-state index contributed by atoms with van der Waals surface area (Å²) < 4.78 is 0. The van der Waals surface area contributed by atoms with Gasteiger partial charge in [-0.15, -0.1) is 0 Å². The Balaban J connectivity index is 0. The molecule has 0 bridgehead atoms. The minimum absolute atomic E-state index is 0.0285. The summed E-state index contributed by atoms with van der Waals surface area (Å²) >= 11 is 0. The van der Waals surface area contributed by atoms with Gasteiger partial charge in [0.25, 0.3) is 0 Å². The number of aliphatic carboxylic acids is 1. The Bertz CT molecular complexity index is 546. The zero-order valence-corrected chi connectivity index (χ0v) is 19.3. The number of likely N-dealkylation sites (N-methyl/N-ethyl adjacent to an activating group) is 1. The molecule has 0 aliphatic rings. The van der Waals surface area contributed by atoms with Gasteiger partial charge in [-0.25, -0.2) is 4.79 Å². The van der Waals surface area contributed by atoms with Gasteiger partial charge in [-0.2, -0.15) is 0 Å². The average molecular weight is 400 g/mol. The normalized spacial score (nSPS) is 14.1. The fourth-order valence-electron chi connectivity index (χ4n) is 2.04. The van der Waals surface area contributed by atoms with E-state index < -0.39 is 17.4 Å². The second-order valence-electron chi connectivity index (χ2n) is 9.19. The summed E-state index contributed by atoms with van der Waals surface area (Å²) in [7, 11) is 1.59. The van der Waals surface area contributed by atoms with Crippen molar-refractivity contribution in [3.8, 4) is 0 Å². The lowest BCUT2D eigenvalue weighted by Gasteiger charge is -2.30. The second kappa shape index (κ2) is 12.5. The Labute approximate surface area is 170 Å². The monoisotopic (exact) mass is 399 g/mol. The van der Waals surface area contributed by atoms with Gasteiger partial charge in [0.2, 0.25) is 11.8 Å². The van der Waals surface area contributed by atoms with Crippen LogP contribution in [0.5, 0.6) is 0 Å². The van der Waals surface area contributed by atoms with E-state index in [2.05, 4.69) is 26.1 Å². The zero-order valence-electron chi connectivity index (χ0n) is 19.3. The van der Waals surface area contributed by atoms with Crippen LogP contribution in [-0.2, 0) is 14.4 Å². The standard InChI is InChI=1S/C17H31N3O4.C4H10/c1-10(2)12(8-11(3)16(23)24)20(7)13(21)9-19-15(22)14(18)17(4,5)6;1-4(2)3/h8,10,12,14H,9,18H2,1-7H3,(H,19,22)(H,23,24);4H,1-3H3/b11-8+;/t12-,14-;/m1./s1. The third kappa shape index (κ3) is 11.7. The van der Waals surface area contributed by atoms with Crippen LogP contribution in [0.3, 0.4) is 0 Å². The van der Waals surface area contributed by atoms with E-state index in [1.165, 1.54) is 11.8 Å². The lowest BCUT2D eigenvalue weighted by atomic mass is 9.87. The first-order valence-corrected chi connectivity index (χ1v) is 9.72. The number of carboxylic acid groups (broad SMARTS) is 1. The molecule has 0 aromatic heterocycles. The van der Waals surface area contributed by atoms with Gasteiger partial charge in [0.05, 0.1) is 18.6 Å². The molecule has 0 aliphatic carbocycles. The van der Waals surface area contributed by atoms with Gasteiger partial charge in [-0.3, -0.25) is 9.59 Å². The number of nitrogens with zero attached hydrogens (tertiary/aromatic N) is 1. The topological polar surface area (TPSA) is 113 Å². The third-order valence-corrected chi connectivity index (χ3v) is 3.91. The molecule has 0 aromatic rings. The summed E-state index contributed by atoms with van der Waals surface area (Å²) in [6.45, 7) is 17.1. The second-order valence-corrected chi connectivity index (χ2v) is 9.19. The Kier molecular flexibility index (Phi) is 12.7. The molecular weight excluding hydrogens is 358 g/mol. The van der Waals surface area contributed by atoms with Crippen molar-refractivity contribution >= 4 is 17.8 Å². The van der Waals surface area contributed by atoms with E-state index >= 15 is 0 Å². The molecule has 0 aliphatic heterocycles. The van der Waals surface area contributed by atoms with E-state index in [-0.39, 0.29) is 35.9 Å². The number of carbonyl (C=O) groups is 3. The maximum atomic E-state index is 12.3. The molecular formula is C21H41N3O4. The summed E-state index contributed by atoms with van der Waals surface area (Å²) in [6.07, 6.45) is 1.55. The molecule has 164 valence electrons. The molecule has 0 heterocycles. The highest BCUT2D eigenvalue weighted by atomic mass is 16.4. The Morgan fingerprint density at radius 1 is 1.11 bits per heavy atom. The number of hydrogen-bond donors (Lipinski definition) is 3. The van der Waals surface area contributed by atoms with E-state index in [0.717, 1.165) is 5.92 Å². The van der Waals surface area contributed by atoms with Crippen LogP contribution >= 0.6 is 0 Å². The zero-order chi connectivity index (χ0) is 22.8. The van der Waals surface area contributed by atoms with E-state index in [9.17, 15) is 14.4 Å². The van der Waals surface area contributed by atoms with Crippen LogP contribution in [0.4, 0.5) is 0 Å². The molecule has 28 heavy (non-hydrogen) atoms. The Morgan fingerprint density at radius 2 is 1.54 bits per heavy atom. The van der Waals surface area contributed by atoms with Crippen LogP contribution in [0.1, 0.15) is 62.3 Å². The number of nitrogens with two attached hydrogens (primary N) is 1. The molecule has 0 spiro atoms. The highest BCUT2D eigenvalue weighted by Crippen LogP contribution is 2.17. The lowest BCUT2D eigenvalue weighted by molar-refractivity contribution is -0.134. The van der Waals surface area contributed by atoms with E-state index in [1.807, 2.05) is 34.6 Å². The Morgan fingerprint density at radius 3 is 1.86 bits per heavy atom. The minimum Gasteiger partial charge on any atom is -0.478 e. The van der Waals surface area contributed by atoms with Crippen molar-refractivity contribution < 1.29 is 19.5 Å². The molecule has 4 N–H and O–H groups in total. The molecule has 0 saturated heterocycles. The molecule has 2 atom stereocenters. The number of carbonyl (C=O) groups excluding carboxylic acids is 2. The predicted octanol–water partition coefficient (Wildman–Crippen LogP) is 2.65. The molecule has 7 heteroatoms. The molecule has 0 saturated carbocycles. The fourth-order valence-corrected chi connectivity index (χ4v) is 2.04. The number of hydrogen-bond acceptors (Lipinski definition) is 4. The molecule has 0 aromatic carbocycles. The summed E-state index contributed by atoms with van der Waals surface area (Å²) in [5.41, 5.74) is 5.62. The highest BCUT2D eigenvalue weighted by Gasteiger charge is 2.28. The number of amides is 2. The quantitative estimate of drug-likeness (QED) is 0.570. The Hall–Kier alpha value is -1.89. The van der Waals surface area contributed by atoms with Crippen LogP contribution < -0.4 is 11.1 Å². The van der Waals surface area contributed by atoms with Crippen molar-refractivity contribution in [1.82, 2.24) is 10.2 Å². The van der Waals surface area contributed by atoms with Crippen molar-refractivity contribution in [2.45, 2.75) is 74.4 Å². The van der Waals surface area contributed by atoms with E-state index in [4.69, 9.17) is 10.8 Å². The molecule has 0 radical (unpaired) electrons. The predicted molar refractivity (Wildman–Crippen MR) is 114 cm³/mol. The number of rotatable bonds is 7. The molecule has 2 amide bonds. The van der Waals surface area contributed by atoms with E-state index in [0.29, 0.717) is 0 Å². The molecule has 7 nitrogen and oxygen atoms in total. The summed E-state index contributed by atoms with van der Waals surface area (Å²) in [5, 5.41) is 11.6. The van der Waals surface area contributed by atoms with Crippen LogP contribution in [0.2, 0.25) is 0 Å². The van der Waals surface area contributed by atoms with Crippen LogP contribution in [-0.4, -0.2) is 53.5 Å². The van der Waals surface area contributed by atoms with Crippen LogP contribution in [0, 0.1) is 17.3 Å². The van der Waals surface area contributed by atoms with Crippen LogP contribution in [0.15, 0.2) is 11.6 Å². The first-order chi connectivity index (χ1) is 12.5. The average Bonchev–Trinajstić information content (AvgIpc) is 2.53. The maximum Gasteiger partial charge on any atom is 0.331 e. The third-order valence-electron chi connectivity index (χ3n) is 3.91. The largest absolute Gasteiger partial charge is 0.478 e. The van der Waals surface area contributed by atoms with Gasteiger partial charge in [0.15, 0.2) is 0 Å². The first-order valence-electron chi connectivity index (χ1n) is 9.72. The van der Waals surface area contributed by atoms with Gasteiger partial charge in [0, 0.05) is 12.6 Å². The van der Waals surface area contributed by atoms with Crippen LogP contribution in [0.25, 0.3) is 0 Å². The van der Waals surface area contributed by atoms with Gasteiger partial charge in [-0.05, 0) is 24.2 Å². The summed E-state index contributed by atoms with van der Waals surface area (Å²) in [4.78, 5) is 36.7. The van der Waals surface area contributed by atoms with Gasteiger partial charge in [-0.1, -0.05) is 61.5 Å². The van der Waals surface area contributed by atoms with Crippen molar-refractivity contribution in [3.05, 3.63) is 11.6 Å².